The molecule has 25 heavy (non-hydrogen) atoms. The van der Waals surface area contributed by atoms with Crippen LogP contribution in [-0.4, -0.2) is 40.4 Å². The molecule has 0 aliphatic rings. The first-order valence-corrected chi connectivity index (χ1v) is 9.65. The Balaban J connectivity index is 1.80. The van der Waals surface area contributed by atoms with Crippen LogP contribution >= 0.6 is 23.1 Å². The van der Waals surface area contributed by atoms with Crippen molar-refractivity contribution in [3.63, 3.8) is 0 Å². The minimum Gasteiger partial charge on any atom is -0.355 e. The van der Waals surface area contributed by atoms with Gasteiger partial charge in [-0.2, -0.15) is 0 Å². The third-order valence-corrected chi connectivity index (χ3v) is 5.13. The summed E-state index contributed by atoms with van der Waals surface area (Å²) in [6.07, 6.45) is 0. The van der Waals surface area contributed by atoms with Crippen LogP contribution in [0.1, 0.15) is 19.4 Å². The molecule has 3 N–H and O–H groups in total. The van der Waals surface area contributed by atoms with Gasteiger partial charge in [0.25, 0.3) is 0 Å². The van der Waals surface area contributed by atoms with Crippen LogP contribution in [0.25, 0.3) is 0 Å². The minimum absolute atomic E-state index is 0.183. The van der Waals surface area contributed by atoms with Gasteiger partial charge in [-0.05, 0) is 32.9 Å². The maximum absolute atomic E-state index is 11.9. The van der Waals surface area contributed by atoms with Gasteiger partial charge < -0.3 is 16.0 Å². The first-order valence-electron chi connectivity index (χ1n) is 7.85. The van der Waals surface area contributed by atoms with Crippen molar-refractivity contribution in [1.82, 2.24) is 20.8 Å². The van der Waals surface area contributed by atoms with Crippen LogP contribution in [0.2, 0.25) is 0 Å². The van der Waals surface area contributed by atoms with Crippen molar-refractivity contribution >= 4 is 45.7 Å². The van der Waals surface area contributed by atoms with Crippen molar-refractivity contribution in [2.45, 2.75) is 31.2 Å². The number of thioether (sulfide) groups is 1. The Morgan fingerprint density at radius 3 is 2.64 bits per heavy atom. The van der Waals surface area contributed by atoms with Gasteiger partial charge in [-0.25, -0.2) is 0 Å². The van der Waals surface area contributed by atoms with E-state index >= 15 is 0 Å². The molecule has 0 unspecified atom stereocenters. The number of nitrogens with zero attached hydrogens (tertiary/aromatic N) is 2. The SMILES string of the molecule is CCNC(=O)[C@@H](C)NC(=O)CSc1nnc(Nc2ccc(C)cc2)s1. The summed E-state index contributed by atoms with van der Waals surface area (Å²) >= 11 is 2.67. The highest BCUT2D eigenvalue weighted by Gasteiger charge is 2.15. The molecule has 9 heteroatoms. The number of amides is 2. The molecule has 134 valence electrons. The summed E-state index contributed by atoms with van der Waals surface area (Å²) in [4.78, 5) is 23.5. The van der Waals surface area contributed by atoms with Crippen LogP contribution in [0.3, 0.4) is 0 Å². The average Bonchev–Trinajstić information content (AvgIpc) is 3.03. The quantitative estimate of drug-likeness (QED) is 0.609. The van der Waals surface area contributed by atoms with Crippen LogP contribution < -0.4 is 16.0 Å². The van der Waals surface area contributed by atoms with E-state index in [9.17, 15) is 9.59 Å². The molecule has 0 saturated carbocycles. The first-order chi connectivity index (χ1) is 12.0. The second-order valence-electron chi connectivity index (χ2n) is 5.34. The molecular formula is C16H21N5O2S2. The Morgan fingerprint density at radius 1 is 1.24 bits per heavy atom. The van der Waals surface area contributed by atoms with E-state index in [0.29, 0.717) is 16.0 Å². The fourth-order valence-electron chi connectivity index (χ4n) is 1.88. The van der Waals surface area contributed by atoms with E-state index in [1.165, 1.54) is 28.7 Å². The number of nitrogens with one attached hydrogen (secondary N) is 3. The molecule has 0 spiro atoms. The zero-order valence-electron chi connectivity index (χ0n) is 14.3. The van der Waals surface area contributed by atoms with Crippen molar-refractivity contribution in [2.75, 3.05) is 17.6 Å². The third-order valence-electron chi connectivity index (χ3n) is 3.16. The Bertz CT molecular complexity index is 718. The third kappa shape index (κ3) is 6.35. The molecule has 1 heterocycles. The monoisotopic (exact) mass is 379 g/mol. The van der Waals surface area contributed by atoms with Gasteiger partial charge in [0.2, 0.25) is 16.9 Å². The fourth-order valence-corrected chi connectivity index (χ4v) is 3.47. The lowest BCUT2D eigenvalue weighted by Gasteiger charge is -2.12. The van der Waals surface area contributed by atoms with E-state index in [2.05, 4.69) is 26.1 Å². The predicted octanol–water partition coefficient (Wildman–Crippen LogP) is 2.32. The van der Waals surface area contributed by atoms with Gasteiger partial charge in [0.05, 0.1) is 5.75 Å². The summed E-state index contributed by atoms with van der Waals surface area (Å²) < 4.78 is 0.690. The number of aryl methyl sites for hydroxylation is 1. The molecule has 0 saturated heterocycles. The first kappa shape index (κ1) is 19.2. The Kier molecular flexibility index (Phi) is 7.20. The van der Waals surface area contributed by atoms with E-state index in [0.717, 1.165) is 5.69 Å². The maximum atomic E-state index is 11.9. The van der Waals surface area contributed by atoms with Gasteiger partial charge in [0, 0.05) is 12.2 Å². The van der Waals surface area contributed by atoms with E-state index in [-0.39, 0.29) is 17.6 Å². The predicted molar refractivity (Wildman–Crippen MR) is 101 cm³/mol. The van der Waals surface area contributed by atoms with Crippen molar-refractivity contribution in [3.05, 3.63) is 29.8 Å². The molecule has 2 aromatic rings. The Hall–Kier alpha value is -2.13. The highest BCUT2D eigenvalue weighted by atomic mass is 32.2. The highest BCUT2D eigenvalue weighted by molar-refractivity contribution is 8.01. The normalized spacial score (nSPS) is 11.6. The second-order valence-corrected chi connectivity index (χ2v) is 7.54. The van der Waals surface area contributed by atoms with Gasteiger partial charge in [0.1, 0.15) is 6.04 Å². The number of carbonyl (C=O) groups excluding carboxylic acids is 2. The topological polar surface area (TPSA) is 96.0 Å². The zero-order chi connectivity index (χ0) is 18.2. The minimum atomic E-state index is -0.554. The highest BCUT2D eigenvalue weighted by Crippen LogP contribution is 2.27. The van der Waals surface area contributed by atoms with Gasteiger partial charge in [-0.1, -0.05) is 40.8 Å². The lowest BCUT2D eigenvalue weighted by atomic mass is 10.2. The number of benzene rings is 1. The number of hydrogen-bond donors (Lipinski definition) is 3. The number of aromatic nitrogens is 2. The van der Waals surface area contributed by atoms with Gasteiger partial charge >= 0.3 is 0 Å². The largest absolute Gasteiger partial charge is 0.355 e. The van der Waals surface area contributed by atoms with Crippen molar-refractivity contribution in [1.29, 1.82) is 0 Å². The van der Waals surface area contributed by atoms with Crippen molar-refractivity contribution in [2.24, 2.45) is 0 Å². The van der Waals surface area contributed by atoms with E-state index in [4.69, 9.17) is 0 Å². The summed E-state index contributed by atoms with van der Waals surface area (Å²) in [7, 11) is 0. The summed E-state index contributed by atoms with van der Waals surface area (Å²) in [6.45, 7) is 6.05. The van der Waals surface area contributed by atoms with Crippen molar-refractivity contribution < 1.29 is 9.59 Å². The molecule has 0 fully saturated rings. The molecule has 0 aliphatic carbocycles. The fraction of sp³-hybridized carbons (Fsp3) is 0.375. The van der Waals surface area contributed by atoms with Crippen molar-refractivity contribution in [3.8, 4) is 0 Å². The second kappa shape index (κ2) is 9.38. The van der Waals surface area contributed by atoms with Crippen LogP contribution in [-0.2, 0) is 9.59 Å². The molecule has 1 atom stereocenters. The van der Waals surface area contributed by atoms with E-state index in [1.54, 1.807) is 6.92 Å². The molecule has 0 radical (unpaired) electrons. The maximum Gasteiger partial charge on any atom is 0.242 e. The number of carbonyl (C=O) groups is 2. The molecule has 0 aliphatic heterocycles. The van der Waals surface area contributed by atoms with E-state index in [1.807, 2.05) is 38.1 Å². The average molecular weight is 380 g/mol. The molecule has 7 nitrogen and oxygen atoms in total. The smallest absolute Gasteiger partial charge is 0.242 e. The zero-order valence-corrected chi connectivity index (χ0v) is 16.0. The van der Waals surface area contributed by atoms with Crippen LogP contribution in [0.5, 0.6) is 0 Å². The summed E-state index contributed by atoms with van der Waals surface area (Å²) in [5, 5.41) is 17.3. The van der Waals surface area contributed by atoms with Gasteiger partial charge in [-0.15, -0.1) is 10.2 Å². The van der Waals surface area contributed by atoms with Crippen LogP contribution in [0.4, 0.5) is 10.8 Å². The molecule has 0 bridgehead atoms. The molecule has 1 aromatic heterocycles. The van der Waals surface area contributed by atoms with E-state index < -0.39 is 6.04 Å². The number of likely N-dealkylation sites (N-methyl/N-ethyl adjacent to an activating group) is 1. The summed E-state index contributed by atoms with van der Waals surface area (Å²) in [5.74, 6) is -0.225. The van der Waals surface area contributed by atoms with Gasteiger partial charge in [-0.3, -0.25) is 9.59 Å². The van der Waals surface area contributed by atoms with Crippen LogP contribution in [0, 0.1) is 6.92 Å². The number of anilines is 2. The number of hydrogen-bond acceptors (Lipinski definition) is 7. The van der Waals surface area contributed by atoms with Crippen LogP contribution in [0.15, 0.2) is 28.6 Å². The van der Waals surface area contributed by atoms with Gasteiger partial charge in [0.15, 0.2) is 4.34 Å². The standard InChI is InChI=1S/C16H21N5O2S2/c1-4-17-14(23)11(3)18-13(22)9-24-16-21-20-15(25-16)19-12-7-5-10(2)6-8-12/h5-8,11H,4,9H2,1-3H3,(H,17,23)(H,18,22)(H,19,20)/t11-/m1/s1. The molecule has 2 rings (SSSR count). The Morgan fingerprint density at radius 2 is 1.96 bits per heavy atom. The summed E-state index contributed by atoms with van der Waals surface area (Å²) in [5.41, 5.74) is 2.12. The molecular weight excluding hydrogens is 358 g/mol. The lowest BCUT2D eigenvalue weighted by molar-refractivity contribution is -0.127. The number of rotatable bonds is 8. The summed E-state index contributed by atoms with van der Waals surface area (Å²) in [6, 6.07) is 7.42. The Labute approximate surface area is 155 Å². The lowest BCUT2D eigenvalue weighted by Crippen LogP contribution is -2.45. The molecule has 2 amide bonds. The molecule has 1 aromatic carbocycles.